The number of esters is 1. The normalized spacial score (nSPS) is 46.5. The highest BCUT2D eigenvalue weighted by atomic mass is 16.7. The Morgan fingerprint density at radius 1 is 1.41 bits per heavy atom. The van der Waals surface area contributed by atoms with Crippen LogP contribution >= 0.6 is 0 Å². The Hall–Kier alpha value is -0.830. The van der Waals surface area contributed by atoms with Gasteiger partial charge in [0, 0.05) is 6.08 Å². The van der Waals surface area contributed by atoms with Crippen molar-refractivity contribution in [3.05, 3.63) is 12.2 Å². The summed E-state index contributed by atoms with van der Waals surface area (Å²) >= 11 is 0. The van der Waals surface area contributed by atoms with Crippen molar-refractivity contribution in [3.8, 4) is 0 Å². The second-order valence-corrected chi connectivity index (χ2v) is 6.40. The van der Waals surface area contributed by atoms with Crippen LogP contribution in [0.5, 0.6) is 0 Å². The minimum absolute atomic E-state index is 0.219. The maximum Gasteiger partial charge on any atom is 0.333 e. The molecule has 0 N–H and O–H groups in total. The van der Waals surface area contributed by atoms with Crippen molar-refractivity contribution in [2.75, 3.05) is 0 Å². The fourth-order valence-electron chi connectivity index (χ4n) is 3.92. The third kappa shape index (κ3) is 1.41. The van der Waals surface area contributed by atoms with Gasteiger partial charge >= 0.3 is 5.97 Å². The number of hydrogen-bond acceptors (Lipinski definition) is 3. The Labute approximate surface area is 102 Å². The van der Waals surface area contributed by atoms with Gasteiger partial charge in [-0.25, -0.2) is 4.79 Å². The van der Waals surface area contributed by atoms with Crippen LogP contribution in [0.2, 0.25) is 0 Å². The van der Waals surface area contributed by atoms with Gasteiger partial charge in [-0.2, -0.15) is 0 Å². The molecule has 3 nitrogen and oxygen atoms in total. The third-order valence-electron chi connectivity index (χ3n) is 5.63. The highest BCUT2D eigenvalue weighted by Gasteiger charge is 2.62. The van der Waals surface area contributed by atoms with Gasteiger partial charge in [0.2, 0.25) is 6.29 Å². The molecule has 0 amide bonds. The fraction of sp³-hybridized carbons (Fsp3) is 0.786. The van der Waals surface area contributed by atoms with Gasteiger partial charge in [-0.05, 0) is 42.1 Å². The quantitative estimate of drug-likeness (QED) is 0.691. The SMILES string of the molecule is CC1(C)C2CCC1(C)C(OC1C=CC(=O)O1)C2. The van der Waals surface area contributed by atoms with Crippen LogP contribution in [-0.4, -0.2) is 18.4 Å². The van der Waals surface area contributed by atoms with E-state index in [1.54, 1.807) is 6.08 Å². The van der Waals surface area contributed by atoms with Crippen LogP contribution in [0.1, 0.15) is 40.0 Å². The van der Waals surface area contributed by atoms with Gasteiger partial charge in [-0.1, -0.05) is 20.8 Å². The molecule has 0 aromatic rings. The summed E-state index contributed by atoms with van der Waals surface area (Å²) in [6.07, 6.45) is 6.56. The number of rotatable bonds is 2. The average molecular weight is 236 g/mol. The summed E-state index contributed by atoms with van der Waals surface area (Å²) in [6, 6.07) is 0. The van der Waals surface area contributed by atoms with Crippen molar-refractivity contribution >= 4 is 5.97 Å². The number of carbonyl (C=O) groups is 1. The summed E-state index contributed by atoms with van der Waals surface area (Å²) in [5.74, 6) is 0.459. The largest absolute Gasteiger partial charge is 0.429 e. The molecule has 3 rings (SSSR count). The molecule has 4 unspecified atom stereocenters. The summed E-state index contributed by atoms with van der Waals surface area (Å²) in [6.45, 7) is 7.03. The molecule has 3 aliphatic rings. The molecular formula is C14H20O3. The summed E-state index contributed by atoms with van der Waals surface area (Å²) in [7, 11) is 0. The lowest BCUT2D eigenvalue weighted by atomic mass is 9.70. The molecule has 3 heteroatoms. The first kappa shape index (κ1) is 11.3. The van der Waals surface area contributed by atoms with Gasteiger partial charge in [-0.15, -0.1) is 0 Å². The molecule has 0 saturated heterocycles. The fourth-order valence-corrected chi connectivity index (χ4v) is 3.92. The first-order valence-corrected chi connectivity index (χ1v) is 6.48. The van der Waals surface area contributed by atoms with Crippen LogP contribution in [0.15, 0.2) is 12.2 Å². The molecule has 2 aliphatic carbocycles. The molecule has 4 atom stereocenters. The van der Waals surface area contributed by atoms with E-state index in [-0.39, 0.29) is 17.5 Å². The lowest BCUT2D eigenvalue weighted by Crippen LogP contribution is -2.39. The number of fused-ring (bicyclic) bond motifs is 2. The van der Waals surface area contributed by atoms with Crippen LogP contribution in [0, 0.1) is 16.7 Å². The monoisotopic (exact) mass is 236 g/mol. The van der Waals surface area contributed by atoms with E-state index in [4.69, 9.17) is 9.47 Å². The van der Waals surface area contributed by atoms with Crippen LogP contribution in [0.4, 0.5) is 0 Å². The zero-order valence-electron chi connectivity index (χ0n) is 10.7. The van der Waals surface area contributed by atoms with E-state index in [0.717, 1.165) is 12.3 Å². The standard InChI is InChI=1S/C14H20O3/c1-13(2)9-6-7-14(13,3)10(8-9)16-12-5-4-11(15)17-12/h4-5,9-10,12H,6-8H2,1-3H3. The van der Waals surface area contributed by atoms with Crippen LogP contribution < -0.4 is 0 Å². The van der Waals surface area contributed by atoms with Gasteiger partial charge in [-0.3, -0.25) is 0 Å². The van der Waals surface area contributed by atoms with E-state index in [0.29, 0.717) is 5.41 Å². The average Bonchev–Trinajstić information content (AvgIpc) is 2.80. The minimum atomic E-state index is -0.459. The molecule has 17 heavy (non-hydrogen) atoms. The van der Waals surface area contributed by atoms with Gasteiger partial charge < -0.3 is 9.47 Å². The third-order valence-corrected chi connectivity index (χ3v) is 5.63. The van der Waals surface area contributed by atoms with E-state index in [2.05, 4.69) is 20.8 Å². The topological polar surface area (TPSA) is 35.5 Å². The highest BCUT2D eigenvalue weighted by molar-refractivity contribution is 5.84. The Morgan fingerprint density at radius 3 is 2.65 bits per heavy atom. The van der Waals surface area contributed by atoms with Crippen molar-refractivity contribution in [1.29, 1.82) is 0 Å². The van der Waals surface area contributed by atoms with E-state index >= 15 is 0 Å². The number of ether oxygens (including phenoxy) is 2. The Balaban J connectivity index is 1.74. The zero-order valence-corrected chi connectivity index (χ0v) is 10.7. The van der Waals surface area contributed by atoms with E-state index in [1.807, 2.05) is 0 Å². The molecule has 0 spiro atoms. The zero-order chi connectivity index (χ0) is 12.3. The molecule has 94 valence electrons. The maximum absolute atomic E-state index is 11.0. The summed E-state index contributed by atoms with van der Waals surface area (Å²) in [5.41, 5.74) is 0.560. The van der Waals surface area contributed by atoms with Crippen molar-refractivity contribution in [2.45, 2.75) is 52.4 Å². The number of cyclic esters (lactones) is 1. The molecule has 0 radical (unpaired) electrons. The lowest BCUT2D eigenvalue weighted by molar-refractivity contribution is -0.180. The first-order chi connectivity index (χ1) is 7.93. The molecule has 0 aromatic heterocycles. The second kappa shape index (κ2) is 3.35. The van der Waals surface area contributed by atoms with E-state index < -0.39 is 6.29 Å². The minimum Gasteiger partial charge on any atom is -0.429 e. The van der Waals surface area contributed by atoms with Gasteiger partial charge in [0.1, 0.15) is 0 Å². The molecule has 2 fully saturated rings. The number of carbonyl (C=O) groups excluding carboxylic acids is 1. The van der Waals surface area contributed by atoms with Crippen molar-refractivity contribution in [3.63, 3.8) is 0 Å². The van der Waals surface area contributed by atoms with Crippen LogP contribution in [0.3, 0.4) is 0 Å². The summed E-state index contributed by atoms with van der Waals surface area (Å²) < 4.78 is 11.1. The molecule has 2 saturated carbocycles. The predicted octanol–water partition coefficient (Wildman–Crippen LogP) is 2.66. The van der Waals surface area contributed by atoms with Crippen LogP contribution in [0.25, 0.3) is 0 Å². The van der Waals surface area contributed by atoms with Crippen molar-refractivity contribution in [1.82, 2.24) is 0 Å². The lowest BCUT2D eigenvalue weighted by Gasteiger charge is -2.39. The molecular weight excluding hydrogens is 216 g/mol. The van der Waals surface area contributed by atoms with Gasteiger partial charge in [0.05, 0.1) is 6.10 Å². The molecule has 1 heterocycles. The van der Waals surface area contributed by atoms with E-state index in [9.17, 15) is 4.79 Å². The van der Waals surface area contributed by atoms with E-state index in [1.165, 1.54) is 18.9 Å². The van der Waals surface area contributed by atoms with Gasteiger partial charge in [0.15, 0.2) is 0 Å². The van der Waals surface area contributed by atoms with Crippen molar-refractivity contribution in [2.24, 2.45) is 16.7 Å². The molecule has 1 aliphatic heterocycles. The van der Waals surface area contributed by atoms with Crippen molar-refractivity contribution < 1.29 is 14.3 Å². The summed E-state index contributed by atoms with van der Waals surface area (Å²) in [5, 5.41) is 0. The maximum atomic E-state index is 11.0. The predicted molar refractivity (Wildman–Crippen MR) is 63.1 cm³/mol. The van der Waals surface area contributed by atoms with Crippen LogP contribution in [-0.2, 0) is 14.3 Å². The molecule has 2 bridgehead atoms. The van der Waals surface area contributed by atoms with Gasteiger partial charge in [0.25, 0.3) is 0 Å². The highest BCUT2D eigenvalue weighted by Crippen LogP contribution is 2.66. The number of hydrogen-bond donors (Lipinski definition) is 0. The Morgan fingerprint density at radius 2 is 2.18 bits per heavy atom. The second-order valence-electron chi connectivity index (χ2n) is 6.40. The smallest absolute Gasteiger partial charge is 0.333 e. The molecule has 0 aromatic carbocycles. The summed E-state index contributed by atoms with van der Waals surface area (Å²) in [4.78, 5) is 11.0. The Bertz CT molecular complexity index is 385. The first-order valence-electron chi connectivity index (χ1n) is 6.48. The Kier molecular flexibility index (Phi) is 2.22.